The molecule has 0 atom stereocenters. The molecule has 3 nitrogen and oxygen atoms in total. The average molecular weight is 228 g/mol. The van der Waals surface area contributed by atoms with Gasteiger partial charge in [-0.1, -0.05) is 12.1 Å². The molecule has 0 radical (unpaired) electrons. The second kappa shape index (κ2) is 3.33. The van der Waals surface area contributed by atoms with Gasteiger partial charge in [-0.3, -0.25) is 4.79 Å². The van der Waals surface area contributed by atoms with Gasteiger partial charge in [-0.25, -0.2) is 4.98 Å². The number of aromatic nitrogens is 2. The van der Waals surface area contributed by atoms with E-state index < -0.39 is 17.4 Å². The zero-order valence-electron chi connectivity index (χ0n) is 8.22. The lowest BCUT2D eigenvalue weighted by Gasteiger charge is -2.06. The van der Waals surface area contributed by atoms with Gasteiger partial charge in [-0.05, 0) is 18.6 Å². The highest BCUT2D eigenvalue weighted by molar-refractivity contribution is 5.77. The van der Waals surface area contributed by atoms with Crippen LogP contribution in [0.1, 0.15) is 11.3 Å². The summed E-state index contributed by atoms with van der Waals surface area (Å²) in [4.78, 5) is 16.7. The Morgan fingerprint density at radius 1 is 1.31 bits per heavy atom. The van der Waals surface area contributed by atoms with E-state index in [1.165, 1.54) is 6.07 Å². The number of para-hydroxylation sites is 1. The normalized spacial score (nSPS) is 12.0. The van der Waals surface area contributed by atoms with Crippen molar-refractivity contribution >= 4 is 11.0 Å². The van der Waals surface area contributed by atoms with Crippen LogP contribution in [-0.2, 0) is 6.18 Å². The molecule has 0 unspecified atom stereocenters. The molecule has 0 aliphatic carbocycles. The van der Waals surface area contributed by atoms with E-state index in [1.54, 1.807) is 19.1 Å². The molecule has 0 saturated heterocycles. The van der Waals surface area contributed by atoms with E-state index in [1.807, 2.05) is 0 Å². The molecule has 16 heavy (non-hydrogen) atoms. The smallest absolute Gasteiger partial charge is 0.319 e. The summed E-state index contributed by atoms with van der Waals surface area (Å²) >= 11 is 0. The van der Waals surface area contributed by atoms with Gasteiger partial charge >= 0.3 is 6.18 Å². The van der Waals surface area contributed by atoms with Crippen LogP contribution >= 0.6 is 0 Å². The van der Waals surface area contributed by atoms with Crippen LogP contribution in [0.2, 0.25) is 0 Å². The van der Waals surface area contributed by atoms with Crippen molar-refractivity contribution in [3.63, 3.8) is 0 Å². The van der Waals surface area contributed by atoms with Gasteiger partial charge in [0.2, 0.25) is 5.69 Å². The fourth-order valence-corrected chi connectivity index (χ4v) is 1.44. The van der Waals surface area contributed by atoms with E-state index in [2.05, 4.69) is 9.97 Å². The van der Waals surface area contributed by atoms with Gasteiger partial charge in [-0.15, -0.1) is 0 Å². The van der Waals surface area contributed by atoms with Crippen molar-refractivity contribution in [1.82, 2.24) is 9.97 Å². The molecule has 0 aliphatic heterocycles. The number of H-pyrrole nitrogens is 1. The highest BCUT2D eigenvalue weighted by Gasteiger charge is 2.36. The Kier molecular flexibility index (Phi) is 2.22. The first-order valence-electron chi connectivity index (χ1n) is 4.46. The summed E-state index contributed by atoms with van der Waals surface area (Å²) in [5.74, 6) is 0. The van der Waals surface area contributed by atoms with Crippen LogP contribution in [0.4, 0.5) is 13.2 Å². The van der Waals surface area contributed by atoms with Crippen molar-refractivity contribution in [2.24, 2.45) is 0 Å². The molecule has 84 valence electrons. The second-order valence-electron chi connectivity index (χ2n) is 3.38. The summed E-state index contributed by atoms with van der Waals surface area (Å²) < 4.78 is 37.3. The Hall–Kier alpha value is -1.85. The summed E-state index contributed by atoms with van der Waals surface area (Å²) in [5, 5.41) is 0. The fourth-order valence-electron chi connectivity index (χ4n) is 1.44. The van der Waals surface area contributed by atoms with E-state index in [9.17, 15) is 18.0 Å². The summed E-state index contributed by atoms with van der Waals surface area (Å²) in [5.41, 5.74) is -1.58. The van der Waals surface area contributed by atoms with Crippen molar-refractivity contribution in [3.8, 4) is 0 Å². The third kappa shape index (κ3) is 1.66. The first-order valence-corrected chi connectivity index (χ1v) is 4.46. The lowest BCUT2D eigenvalue weighted by molar-refractivity contribution is -0.142. The topological polar surface area (TPSA) is 45.8 Å². The molecule has 6 heteroatoms. The highest BCUT2D eigenvalue weighted by atomic mass is 19.4. The zero-order chi connectivity index (χ0) is 11.9. The number of nitrogens with one attached hydrogen (secondary N) is 1. The van der Waals surface area contributed by atoms with E-state index in [4.69, 9.17) is 0 Å². The highest BCUT2D eigenvalue weighted by Crippen LogP contribution is 2.26. The minimum atomic E-state index is -4.73. The predicted octanol–water partition coefficient (Wildman–Crippen LogP) is 2.25. The van der Waals surface area contributed by atoms with Gasteiger partial charge in [0.1, 0.15) is 0 Å². The molecule has 1 aromatic carbocycles. The van der Waals surface area contributed by atoms with Crippen LogP contribution in [0.25, 0.3) is 11.0 Å². The Balaban J connectivity index is 2.85. The zero-order valence-corrected chi connectivity index (χ0v) is 8.22. The number of fused-ring (bicyclic) bond motifs is 1. The van der Waals surface area contributed by atoms with E-state index in [0.717, 1.165) is 0 Å². The van der Waals surface area contributed by atoms with Crippen molar-refractivity contribution < 1.29 is 13.2 Å². The van der Waals surface area contributed by atoms with Gasteiger partial charge in [0.15, 0.2) is 0 Å². The molecular formula is C10H7F3N2O. The van der Waals surface area contributed by atoms with Crippen molar-refractivity contribution in [2.45, 2.75) is 13.1 Å². The maximum absolute atomic E-state index is 12.4. The van der Waals surface area contributed by atoms with Crippen LogP contribution < -0.4 is 5.56 Å². The summed E-state index contributed by atoms with van der Waals surface area (Å²) in [6.07, 6.45) is -4.73. The number of hydrogen-bond acceptors (Lipinski definition) is 2. The van der Waals surface area contributed by atoms with Gasteiger partial charge in [0, 0.05) is 0 Å². The van der Waals surface area contributed by atoms with Crippen molar-refractivity contribution in [3.05, 3.63) is 39.8 Å². The quantitative estimate of drug-likeness (QED) is 0.751. The number of nitrogens with zero attached hydrogens (tertiary/aromatic N) is 1. The number of alkyl halides is 3. The summed E-state index contributed by atoms with van der Waals surface area (Å²) in [6.45, 7) is 1.63. The molecule has 0 bridgehead atoms. The maximum atomic E-state index is 12.4. The van der Waals surface area contributed by atoms with Gasteiger partial charge in [0.05, 0.1) is 11.0 Å². The Morgan fingerprint density at radius 3 is 2.62 bits per heavy atom. The molecule has 2 aromatic rings. The molecule has 1 N–H and O–H groups in total. The van der Waals surface area contributed by atoms with Crippen LogP contribution in [-0.4, -0.2) is 9.97 Å². The van der Waals surface area contributed by atoms with Crippen LogP contribution in [0, 0.1) is 6.92 Å². The Labute approximate surface area is 87.9 Å². The largest absolute Gasteiger partial charge is 0.438 e. The number of hydrogen-bond donors (Lipinski definition) is 1. The lowest BCUT2D eigenvalue weighted by atomic mass is 10.2. The molecule has 0 amide bonds. The van der Waals surface area contributed by atoms with Crippen LogP contribution in [0.3, 0.4) is 0 Å². The van der Waals surface area contributed by atoms with Gasteiger partial charge in [0.25, 0.3) is 5.56 Å². The van der Waals surface area contributed by atoms with E-state index >= 15 is 0 Å². The molecule has 2 rings (SSSR count). The molecule has 1 aromatic heterocycles. The van der Waals surface area contributed by atoms with E-state index in [-0.39, 0.29) is 5.52 Å². The molecular weight excluding hydrogens is 221 g/mol. The Bertz CT molecular complexity index is 601. The summed E-state index contributed by atoms with van der Waals surface area (Å²) in [7, 11) is 0. The predicted molar refractivity (Wildman–Crippen MR) is 52.1 cm³/mol. The van der Waals surface area contributed by atoms with Crippen molar-refractivity contribution in [1.29, 1.82) is 0 Å². The lowest BCUT2D eigenvalue weighted by Crippen LogP contribution is -2.23. The number of aromatic amines is 1. The Morgan fingerprint density at radius 2 is 2.00 bits per heavy atom. The second-order valence-corrected chi connectivity index (χ2v) is 3.38. The monoisotopic (exact) mass is 228 g/mol. The molecule has 0 saturated carbocycles. The molecule has 0 fully saturated rings. The minimum Gasteiger partial charge on any atom is -0.319 e. The van der Waals surface area contributed by atoms with Crippen LogP contribution in [0.5, 0.6) is 0 Å². The van der Waals surface area contributed by atoms with Gasteiger partial charge in [-0.2, -0.15) is 13.2 Å². The SMILES string of the molecule is Cc1cccc2[nH]c(=O)c(C(F)(F)F)nc12. The van der Waals surface area contributed by atoms with Gasteiger partial charge < -0.3 is 4.98 Å². The first kappa shape index (κ1) is 10.7. The fraction of sp³-hybridized carbons (Fsp3) is 0.200. The number of halogens is 3. The summed E-state index contributed by atoms with van der Waals surface area (Å²) in [6, 6.07) is 4.78. The number of benzene rings is 1. The molecule has 0 spiro atoms. The minimum absolute atomic E-state index is 0.162. The third-order valence-corrected chi connectivity index (χ3v) is 2.19. The maximum Gasteiger partial charge on any atom is 0.438 e. The van der Waals surface area contributed by atoms with Crippen LogP contribution in [0.15, 0.2) is 23.0 Å². The molecule has 1 heterocycles. The standard InChI is InChI=1S/C10H7F3N2O/c1-5-3-2-4-6-7(5)15-8(9(16)14-6)10(11,12)13/h2-4H,1H3,(H,14,16). The average Bonchev–Trinajstić information content (AvgIpc) is 2.15. The van der Waals surface area contributed by atoms with E-state index in [0.29, 0.717) is 11.1 Å². The molecule has 0 aliphatic rings. The first-order chi connectivity index (χ1) is 7.39. The number of aryl methyl sites for hydroxylation is 1. The third-order valence-electron chi connectivity index (χ3n) is 2.19. The number of rotatable bonds is 0. The van der Waals surface area contributed by atoms with Crippen molar-refractivity contribution in [2.75, 3.05) is 0 Å².